The van der Waals surface area contributed by atoms with Gasteiger partial charge in [0, 0.05) is 43.2 Å². The van der Waals surface area contributed by atoms with Gasteiger partial charge in [-0.3, -0.25) is 9.69 Å². The molecule has 5 rings (SSSR count). The van der Waals surface area contributed by atoms with E-state index >= 15 is 0 Å². The van der Waals surface area contributed by atoms with Gasteiger partial charge in [0.25, 0.3) is 5.91 Å². The molecule has 4 heterocycles. The van der Waals surface area contributed by atoms with E-state index < -0.39 is 0 Å². The van der Waals surface area contributed by atoms with Gasteiger partial charge < -0.3 is 14.6 Å². The fourth-order valence-electron chi connectivity index (χ4n) is 4.40. The molecule has 2 aromatic heterocycles. The monoisotopic (exact) mass is 409 g/mol. The highest BCUT2D eigenvalue weighted by Crippen LogP contribution is 2.33. The molecular formula is C21H23N5O2S. The second-order valence-electron chi connectivity index (χ2n) is 7.73. The summed E-state index contributed by atoms with van der Waals surface area (Å²) in [5.74, 6) is 2.97. The second kappa shape index (κ2) is 7.61. The van der Waals surface area contributed by atoms with E-state index in [1.807, 2.05) is 40.2 Å². The van der Waals surface area contributed by atoms with Gasteiger partial charge in [-0.25, -0.2) is 0 Å². The number of rotatable bonds is 5. The first-order valence-corrected chi connectivity index (χ1v) is 10.7. The van der Waals surface area contributed by atoms with E-state index in [0.717, 1.165) is 44.2 Å². The molecule has 1 amide bonds. The first kappa shape index (κ1) is 18.3. The zero-order valence-electron chi connectivity index (χ0n) is 16.2. The number of methoxy groups -OCH3 is 1. The van der Waals surface area contributed by atoms with Gasteiger partial charge >= 0.3 is 0 Å². The Morgan fingerprint density at radius 1 is 1.17 bits per heavy atom. The van der Waals surface area contributed by atoms with Gasteiger partial charge in [0.2, 0.25) is 5.82 Å². The van der Waals surface area contributed by atoms with E-state index in [1.165, 1.54) is 4.88 Å². The van der Waals surface area contributed by atoms with Gasteiger partial charge in [-0.05, 0) is 47.5 Å². The number of nitrogens with zero attached hydrogens (tertiary/aromatic N) is 4. The molecule has 2 aliphatic heterocycles. The van der Waals surface area contributed by atoms with E-state index in [4.69, 9.17) is 4.74 Å². The number of aromatic nitrogens is 3. The molecule has 0 saturated carbocycles. The molecule has 29 heavy (non-hydrogen) atoms. The third-order valence-corrected chi connectivity index (χ3v) is 6.71. The van der Waals surface area contributed by atoms with Gasteiger partial charge in [0.05, 0.1) is 7.11 Å². The molecule has 2 atom stereocenters. The molecule has 3 aromatic rings. The lowest BCUT2D eigenvalue weighted by atomic mass is 9.89. The lowest BCUT2D eigenvalue weighted by molar-refractivity contribution is 0.100. The number of carbonyl (C=O) groups excluding carboxylic acids is 1. The van der Waals surface area contributed by atoms with Crippen molar-refractivity contribution in [3.8, 4) is 5.75 Å². The molecular weight excluding hydrogens is 386 g/mol. The quantitative estimate of drug-likeness (QED) is 0.702. The summed E-state index contributed by atoms with van der Waals surface area (Å²) in [5, 5.41) is 13.6. The Labute approximate surface area is 173 Å². The summed E-state index contributed by atoms with van der Waals surface area (Å²) in [5.41, 5.74) is 0.713. The van der Waals surface area contributed by atoms with E-state index in [-0.39, 0.29) is 5.91 Å². The predicted octanol–water partition coefficient (Wildman–Crippen LogP) is 2.90. The summed E-state index contributed by atoms with van der Waals surface area (Å²) in [4.78, 5) is 16.7. The number of benzene rings is 1. The summed E-state index contributed by atoms with van der Waals surface area (Å²) < 4.78 is 7.17. The maximum Gasteiger partial charge on any atom is 0.293 e. The van der Waals surface area contributed by atoms with Crippen LogP contribution in [-0.2, 0) is 19.5 Å². The van der Waals surface area contributed by atoms with Crippen LogP contribution in [0.5, 0.6) is 5.75 Å². The fourth-order valence-corrected chi connectivity index (χ4v) is 5.15. The van der Waals surface area contributed by atoms with Crippen LogP contribution in [0.15, 0.2) is 41.8 Å². The van der Waals surface area contributed by atoms with Gasteiger partial charge in [-0.15, -0.1) is 21.5 Å². The van der Waals surface area contributed by atoms with Crippen LogP contribution in [0.1, 0.15) is 21.3 Å². The highest BCUT2D eigenvalue weighted by atomic mass is 32.1. The molecule has 1 aromatic carbocycles. The lowest BCUT2D eigenvalue weighted by Gasteiger charge is -2.25. The van der Waals surface area contributed by atoms with Crippen molar-refractivity contribution in [2.45, 2.75) is 19.5 Å². The van der Waals surface area contributed by atoms with Crippen LogP contribution in [0, 0.1) is 11.8 Å². The number of carbonyl (C=O) groups is 1. The Balaban J connectivity index is 1.27. The maximum absolute atomic E-state index is 12.8. The molecule has 0 spiro atoms. The van der Waals surface area contributed by atoms with Crippen LogP contribution < -0.4 is 10.1 Å². The van der Waals surface area contributed by atoms with Gasteiger partial charge in [-0.1, -0.05) is 6.07 Å². The molecule has 150 valence electrons. The average molecular weight is 410 g/mol. The SMILES string of the molecule is COc1ccc(NC(=O)c2nnc3n2C[C@@H]2CN(Cc4cccs4)C[C@@H]2C3)cc1. The van der Waals surface area contributed by atoms with E-state index in [9.17, 15) is 4.79 Å². The molecule has 1 fully saturated rings. The third-order valence-electron chi connectivity index (χ3n) is 5.85. The zero-order valence-corrected chi connectivity index (χ0v) is 17.1. The number of likely N-dealkylation sites (tertiary alicyclic amines) is 1. The number of thiophene rings is 1. The van der Waals surface area contributed by atoms with Crippen molar-refractivity contribution in [1.29, 1.82) is 0 Å². The number of hydrogen-bond donors (Lipinski definition) is 1. The molecule has 0 radical (unpaired) electrons. The Hall–Kier alpha value is -2.71. The summed E-state index contributed by atoms with van der Waals surface area (Å²) in [6.45, 7) is 3.96. The first-order valence-electron chi connectivity index (χ1n) is 9.82. The minimum atomic E-state index is -0.221. The van der Waals surface area contributed by atoms with Crippen molar-refractivity contribution in [2.24, 2.45) is 11.8 Å². The van der Waals surface area contributed by atoms with Crippen LogP contribution in [0.4, 0.5) is 5.69 Å². The number of hydrogen-bond acceptors (Lipinski definition) is 6. The van der Waals surface area contributed by atoms with Gasteiger partial charge in [0.15, 0.2) is 0 Å². The highest BCUT2D eigenvalue weighted by molar-refractivity contribution is 7.09. The van der Waals surface area contributed by atoms with Crippen molar-refractivity contribution in [3.05, 3.63) is 58.3 Å². The average Bonchev–Trinajstić information content (AvgIpc) is 3.46. The number of amides is 1. The predicted molar refractivity (Wildman–Crippen MR) is 111 cm³/mol. The Kier molecular flexibility index (Phi) is 4.81. The van der Waals surface area contributed by atoms with Crippen LogP contribution in [-0.4, -0.2) is 45.8 Å². The van der Waals surface area contributed by atoms with Crippen molar-refractivity contribution in [3.63, 3.8) is 0 Å². The van der Waals surface area contributed by atoms with E-state index in [2.05, 4.69) is 37.9 Å². The molecule has 0 bridgehead atoms. The minimum Gasteiger partial charge on any atom is -0.497 e. The summed E-state index contributed by atoms with van der Waals surface area (Å²) in [6.07, 6.45) is 0.883. The smallest absolute Gasteiger partial charge is 0.293 e. The molecule has 0 aliphatic carbocycles. The third kappa shape index (κ3) is 3.65. The Morgan fingerprint density at radius 2 is 2.00 bits per heavy atom. The molecule has 7 nitrogen and oxygen atoms in total. The van der Waals surface area contributed by atoms with Gasteiger partial charge in [0.1, 0.15) is 11.6 Å². The first-order chi connectivity index (χ1) is 14.2. The lowest BCUT2D eigenvalue weighted by Crippen LogP contribution is -2.31. The highest BCUT2D eigenvalue weighted by Gasteiger charge is 2.39. The second-order valence-corrected chi connectivity index (χ2v) is 8.76. The molecule has 2 aliphatic rings. The van der Waals surface area contributed by atoms with Crippen LogP contribution in [0.2, 0.25) is 0 Å². The Morgan fingerprint density at radius 3 is 2.76 bits per heavy atom. The van der Waals surface area contributed by atoms with Crippen molar-refractivity contribution < 1.29 is 9.53 Å². The van der Waals surface area contributed by atoms with Crippen LogP contribution in [0.3, 0.4) is 0 Å². The summed E-state index contributed by atoms with van der Waals surface area (Å²) in [6, 6.07) is 11.6. The fraction of sp³-hybridized carbons (Fsp3) is 0.381. The molecule has 1 saturated heterocycles. The number of ether oxygens (including phenoxy) is 1. The van der Waals surface area contributed by atoms with E-state index in [1.54, 1.807) is 7.11 Å². The zero-order chi connectivity index (χ0) is 19.8. The van der Waals surface area contributed by atoms with Crippen molar-refractivity contribution >= 4 is 22.9 Å². The topological polar surface area (TPSA) is 72.3 Å². The number of nitrogens with one attached hydrogen (secondary N) is 1. The number of fused-ring (bicyclic) bond motifs is 2. The van der Waals surface area contributed by atoms with Crippen LogP contribution >= 0.6 is 11.3 Å². The van der Waals surface area contributed by atoms with Crippen LogP contribution in [0.25, 0.3) is 0 Å². The molecule has 0 unspecified atom stereocenters. The number of anilines is 1. The summed E-state index contributed by atoms with van der Waals surface area (Å²) in [7, 11) is 1.62. The maximum atomic E-state index is 12.8. The Bertz CT molecular complexity index is 999. The minimum absolute atomic E-state index is 0.221. The van der Waals surface area contributed by atoms with Crippen molar-refractivity contribution in [1.82, 2.24) is 19.7 Å². The summed E-state index contributed by atoms with van der Waals surface area (Å²) >= 11 is 1.81. The molecule has 8 heteroatoms. The van der Waals surface area contributed by atoms with Gasteiger partial charge in [-0.2, -0.15) is 0 Å². The van der Waals surface area contributed by atoms with E-state index in [0.29, 0.717) is 23.3 Å². The standard InChI is InChI=1S/C21H23N5O2S/c1-28-17-6-4-16(5-7-17)22-21(27)20-24-23-19-9-14-10-25(11-15(14)12-26(19)20)13-18-3-2-8-29-18/h2-8,14-15H,9-13H2,1H3,(H,22,27)/t14-,15-/m0/s1. The molecule has 1 N–H and O–H groups in total. The normalized spacial score (nSPS) is 20.9. The largest absolute Gasteiger partial charge is 0.497 e. The van der Waals surface area contributed by atoms with Crippen molar-refractivity contribution in [2.75, 3.05) is 25.5 Å².